The molecule has 0 fully saturated rings. The van der Waals surface area contributed by atoms with Crippen LogP contribution < -0.4 is 16.0 Å². The predicted molar refractivity (Wildman–Crippen MR) is 136 cm³/mol. The average molecular weight is 514 g/mol. The third-order valence-corrected chi connectivity index (χ3v) is 5.69. The van der Waals surface area contributed by atoms with Crippen LogP contribution in [0.3, 0.4) is 0 Å². The number of halogens is 2. The molecule has 0 saturated carbocycles. The molecule has 7 nitrogen and oxygen atoms in total. The van der Waals surface area contributed by atoms with Gasteiger partial charge in [0.05, 0.1) is 16.3 Å². The van der Waals surface area contributed by atoms with Gasteiger partial charge in [-0.15, -0.1) is 0 Å². The lowest BCUT2D eigenvalue weighted by Crippen LogP contribution is -2.34. The highest BCUT2D eigenvalue weighted by atomic mass is 35.5. The molecule has 0 saturated heterocycles. The van der Waals surface area contributed by atoms with Gasteiger partial charge in [-0.2, -0.15) is 0 Å². The summed E-state index contributed by atoms with van der Waals surface area (Å²) in [7, 11) is 0. The number of thiocarbonyl (C=S) groups is 1. The van der Waals surface area contributed by atoms with Crippen LogP contribution in [0.4, 0.5) is 11.4 Å². The van der Waals surface area contributed by atoms with E-state index in [0.717, 1.165) is 5.56 Å². The van der Waals surface area contributed by atoms with Crippen molar-refractivity contribution in [1.29, 1.82) is 0 Å². The number of furan rings is 2. The van der Waals surface area contributed by atoms with E-state index < -0.39 is 5.91 Å². The lowest BCUT2D eigenvalue weighted by Gasteiger charge is -2.13. The second-order valence-corrected chi connectivity index (χ2v) is 8.38. The van der Waals surface area contributed by atoms with Gasteiger partial charge in [0.15, 0.2) is 16.6 Å². The Morgan fingerprint density at radius 1 is 0.882 bits per heavy atom. The number of amides is 2. The van der Waals surface area contributed by atoms with Crippen LogP contribution >= 0.6 is 35.4 Å². The van der Waals surface area contributed by atoms with E-state index in [1.54, 1.807) is 54.6 Å². The van der Waals surface area contributed by atoms with E-state index in [1.165, 1.54) is 12.3 Å². The number of carbonyl (C=O) groups is 2. The number of nitrogens with one attached hydrogen (secondary N) is 3. The molecular weight excluding hydrogens is 497 g/mol. The molecule has 4 aromatic rings. The van der Waals surface area contributed by atoms with E-state index in [-0.39, 0.29) is 22.5 Å². The molecule has 0 aliphatic rings. The first-order valence-electron chi connectivity index (χ1n) is 9.93. The van der Waals surface area contributed by atoms with Crippen LogP contribution in [0.15, 0.2) is 75.8 Å². The average Bonchev–Trinajstić information content (AvgIpc) is 3.50. The maximum absolute atomic E-state index is 12.6. The van der Waals surface area contributed by atoms with Crippen molar-refractivity contribution in [2.75, 3.05) is 10.6 Å². The quantitative estimate of drug-likeness (QED) is 0.262. The van der Waals surface area contributed by atoms with Gasteiger partial charge >= 0.3 is 0 Å². The van der Waals surface area contributed by atoms with Crippen molar-refractivity contribution in [3.8, 4) is 11.3 Å². The Hall–Kier alpha value is -3.59. The lowest BCUT2D eigenvalue weighted by atomic mass is 10.2. The number of rotatable bonds is 5. The number of hydrogen-bond acceptors (Lipinski definition) is 5. The summed E-state index contributed by atoms with van der Waals surface area (Å²) in [4.78, 5) is 24.8. The Balaban J connectivity index is 1.40. The zero-order chi connectivity index (χ0) is 24.2. The van der Waals surface area contributed by atoms with Gasteiger partial charge in [0, 0.05) is 16.9 Å². The van der Waals surface area contributed by atoms with Crippen LogP contribution in [0, 0.1) is 6.92 Å². The molecule has 0 aliphatic carbocycles. The predicted octanol–water partition coefficient (Wildman–Crippen LogP) is 6.53. The third kappa shape index (κ3) is 5.48. The molecule has 10 heteroatoms. The molecule has 0 spiro atoms. The smallest absolute Gasteiger partial charge is 0.293 e. The van der Waals surface area contributed by atoms with E-state index in [0.29, 0.717) is 32.7 Å². The Labute approximate surface area is 210 Å². The van der Waals surface area contributed by atoms with Gasteiger partial charge in [0.2, 0.25) is 0 Å². The zero-order valence-electron chi connectivity index (χ0n) is 17.6. The van der Waals surface area contributed by atoms with Gasteiger partial charge in [-0.3, -0.25) is 14.9 Å². The van der Waals surface area contributed by atoms with Gasteiger partial charge in [-0.25, -0.2) is 0 Å². The molecule has 0 radical (unpaired) electrons. The SMILES string of the molecule is Cc1ccc(NC(=O)c2ccco2)cc1NC(=S)NC(=O)c1ccc(-c2ccc(Cl)c(Cl)c2)o1. The first-order chi connectivity index (χ1) is 16.3. The van der Waals surface area contributed by atoms with Crippen molar-refractivity contribution >= 4 is 63.7 Å². The van der Waals surface area contributed by atoms with Crippen LogP contribution in [0.2, 0.25) is 10.0 Å². The minimum absolute atomic E-state index is 0.0649. The fourth-order valence-corrected chi connectivity index (χ4v) is 3.52. The molecule has 0 unspecified atom stereocenters. The number of benzene rings is 2. The van der Waals surface area contributed by atoms with E-state index in [9.17, 15) is 9.59 Å². The van der Waals surface area contributed by atoms with Gasteiger partial charge in [0.1, 0.15) is 5.76 Å². The van der Waals surface area contributed by atoms with E-state index in [4.69, 9.17) is 44.3 Å². The molecular formula is C24H17Cl2N3O4S. The van der Waals surface area contributed by atoms with Gasteiger partial charge in [-0.05, 0) is 79.3 Å². The van der Waals surface area contributed by atoms with Crippen molar-refractivity contribution < 1.29 is 18.4 Å². The largest absolute Gasteiger partial charge is 0.459 e. The van der Waals surface area contributed by atoms with E-state index >= 15 is 0 Å². The highest BCUT2D eigenvalue weighted by molar-refractivity contribution is 7.80. The molecule has 0 aliphatic heterocycles. The summed E-state index contributed by atoms with van der Waals surface area (Å²) >= 11 is 17.3. The molecule has 3 N–H and O–H groups in total. The minimum Gasteiger partial charge on any atom is -0.459 e. The van der Waals surface area contributed by atoms with Crippen LogP contribution in [0.25, 0.3) is 11.3 Å². The van der Waals surface area contributed by atoms with Gasteiger partial charge < -0.3 is 19.5 Å². The van der Waals surface area contributed by atoms with Crippen molar-refractivity contribution in [2.45, 2.75) is 6.92 Å². The number of anilines is 2. The first kappa shape index (κ1) is 23.6. The van der Waals surface area contributed by atoms with Crippen molar-refractivity contribution in [1.82, 2.24) is 5.32 Å². The second-order valence-electron chi connectivity index (χ2n) is 7.16. The third-order valence-electron chi connectivity index (χ3n) is 4.75. The topological polar surface area (TPSA) is 96.5 Å². The van der Waals surface area contributed by atoms with E-state index in [1.807, 2.05) is 6.92 Å². The standard InChI is InChI=1S/C24H17Cl2N3O4S/c1-13-4-6-15(27-22(30)20-3-2-10-32-20)12-18(13)28-24(34)29-23(31)21-9-8-19(33-21)14-5-7-16(25)17(26)11-14/h2-12H,1H3,(H,27,30)(H2,28,29,31,34). The van der Waals surface area contributed by atoms with E-state index in [2.05, 4.69) is 16.0 Å². The fourth-order valence-electron chi connectivity index (χ4n) is 3.02. The summed E-state index contributed by atoms with van der Waals surface area (Å²) in [5.41, 5.74) is 2.67. The Bertz CT molecular complexity index is 1380. The van der Waals surface area contributed by atoms with Crippen molar-refractivity contribution in [2.24, 2.45) is 0 Å². The summed E-state index contributed by atoms with van der Waals surface area (Å²) in [5, 5.41) is 9.15. The molecule has 2 aromatic carbocycles. The number of aryl methyl sites for hydroxylation is 1. The second kappa shape index (κ2) is 10.1. The first-order valence-corrected chi connectivity index (χ1v) is 11.1. The van der Waals surface area contributed by atoms with Gasteiger partial charge in [-0.1, -0.05) is 29.3 Å². The highest BCUT2D eigenvalue weighted by Crippen LogP contribution is 2.29. The maximum Gasteiger partial charge on any atom is 0.293 e. The number of hydrogen-bond donors (Lipinski definition) is 3. The Morgan fingerprint density at radius 3 is 2.44 bits per heavy atom. The fraction of sp³-hybridized carbons (Fsp3) is 0.0417. The van der Waals surface area contributed by atoms with Gasteiger partial charge in [0.25, 0.3) is 11.8 Å². The Morgan fingerprint density at radius 2 is 1.71 bits per heavy atom. The van der Waals surface area contributed by atoms with Crippen molar-refractivity contribution in [3.05, 3.63) is 94.1 Å². The Kier molecular flexibility index (Phi) is 7.02. The normalized spacial score (nSPS) is 10.6. The zero-order valence-corrected chi connectivity index (χ0v) is 20.0. The molecule has 2 aromatic heterocycles. The summed E-state index contributed by atoms with van der Waals surface area (Å²) < 4.78 is 10.7. The maximum atomic E-state index is 12.6. The monoisotopic (exact) mass is 513 g/mol. The molecule has 4 rings (SSSR count). The van der Waals surface area contributed by atoms with Crippen LogP contribution in [-0.4, -0.2) is 16.9 Å². The number of carbonyl (C=O) groups excluding carboxylic acids is 2. The lowest BCUT2D eigenvalue weighted by molar-refractivity contribution is 0.0950. The molecule has 0 atom stereocenters. The summed E-state index contributed by atoms with van der Waals surface area (Å²) in [5.74, 6) is -0.188. The molecule has 2 heterocycles. The molecule has 0 bridgehead atoms. The molecule has 34 heavy (non-hydrogen) atoms. The molecule has 2 amide bonds. The van der Waals surface area contributed by atoms with Crippen LogP contribution in [0.5, 0.6) is 0 Å². The van der Waals surface area contributed by atoms with Crippen LogP contribution in [-0.2, 0) is 0 Å². The molecule has 172 valence electrons. The van der Waals surface area contributed by atoms with Crippen LogP contribution in [0.1, 0.15) is 26.7 Å². The summed E-state index contributed by atoms with van der Waals surface area (Å²) in [6, 6.07) is 16.7. The summed E-state index contributed by atoms with van der Waals surface area (Å²) in [6.45, 7) is 1.86. The minimum atomic E-state index is -0.524. The highest BCUT2D eigenvalue weighted by Gasteiger charge is 2.15. The van der Waals surface area contributed by atoms with Crippen molar-refractivity contribution in [3.63, 3.8) is 0 Å². The summed E-state index contributed by atoms with van der Waals surface area (Å²) in [6.07, 6.45) is 1.42.